The van der Waals surface area contributed by atoms with Crippen LogP contribution in [0.3, 0.4) is 0 Å². The highest BCUT2D eigenvalue weighted by atomic mass is 32.2. The van der Waals surface area contributed by atoms with Gasteiger partial charge in [-0.25, -0.2) is 0 Å². The molecule has 1 aromatic rings. The summed E-state index contributed by atoms with van der Waals surface area (Å²) in [5.74, 6) is 0.638. The zero-order chi connectivity index (χ0) is 21.8. The van der Waals surface area contributed by atoms with E-state index in [-0.39, 0.29) is 17.0 Å². The standard InChI is InChI=1S/C21H26N4O3S2/c1-4-7-24-18(23-8-5-6-9-23)15(14(2)16(13-22)19(24)26)12-17-20(27)25(10-11-28-3)21(29)30-17/h12H,4-11H2,1-3H3/b17-12-. The smallest absolute Gasteiger partial charge is 0.270 e. The van der Waals surface area contributed by atoms with Crippen molar-refractivity contribution >= 4 is 46.1 Å². The quantitative estimate of drug-likeness (QED) is 0.471. The van der Waals surface area contributed by atoms with Crippen LogP contribution in [-0.2, 0) is 16.1 Å². The van der Waals surface area contributed by atoms with Crippen LogP contribution in [0.1, 0.15) is 42.9 Å². The number of amides is 1. The number of anilines is 1. The van der Waals surface area contributed by atoms with Crippen LogP contribution in [0.15, 0.2) is 9.70 Å². The summed E-state index contributed by atoms with van der Waals surface area (Å²) in [5, 5.41) is 9.65. The molecule has 0 aromatic carbocycles. The molecule has 1 aromatic heterocycles. The van der Waals surface area contributed by atoms with Crippen LogP contribution in [-0.4, -0.2) is 53.0 Å². The number of thiocarbonyl (C=S) groups is 1. The van der Waals surface area contributed by atoms with Gasteiger partial charge >= 0.3 is 0 Å². The maximum absolute atomic E-state index is 13.0. The van der Waals surface area contributed by atoms with Gasteiger partial charge in [-0.1, -0.05) is 30.9 Å². The maximum Gasteiger partial charge on any atom is 0.270 e. The summed E-state index contributed by atoms with van der Waals surface area (Å²) in [6.07, 6.45) is 4.69. The molecule has 30 heavy (non-hydrogen) atoms. The third kappa shape index (κ3) is 4.17. The van der Waals surface area contributed by atoms with Crippen molar-refractivity contribution < 1.29 is 9.53 Å². The van der Waals surface area contributed by atoms with Gasteiger partial charge in [-0.2, -0.15) is 5.26 Å². The van der Waals surface area contributed by atoms with Crippen molar-refractivity contribution in [2.75, 3.05) is 38.3 Å². The molecule has 0 bridgehead atoms. The first kappa shape index (κ1) is 22.5. The fraction of sp³-hybridized carbons (Fsp3) is 0.524. The molecule has 7 nitrogen and oxygen atoms in total. The molecule has 3 rings (SSSR count). The Bertz CT molecular complexity index is 987. The van der Waals surface area contributed by atoms with E-state index >= 15 is 0 Å². The molecule has 2 aliphatic rings. The third-order valence-corrected chi connectivity index (χ3v) is 6.75. The maximum atomic E-state index is 13.0. The van der Waals surface area contributed by atoms with E-state index < -0.39 is 0 Å². The summed E-state index contributed by atoms with van der Waals surface area (Å²) in [4.78, 5) is 30.2. The molecule has 0 aliphatic carbocycles. The van der Waals surface area contributed by atoms with Crippen molar-refractivity contribution in [1.82, 2.24) is 9.47 Å². The number of carbonyl (C=O) groups excluding carboxylic acids is 1. The predicted molar refractivity (Wildman–Crippen MR) is 124 cm³/mol. The van der Waals surface area contributed by atoms with Crippen molar-refractivity contribution in [3.05, 3.63) is 31.9 Å². The zero-order valence-corrected chi connectivity index (χ0v) is 19.2. The van der Waals surface area contributed by atoms with Crippen molar-refractivity contribution in [1.29, 1.82) is 5.26 Å². The Morgan fingerprint density at radius 3 is 2.57 bits per heavy atom. The molecule has 1 amide bonds. The Balaban J connectivity index is 2.18. The number of aromatic nitrogens is 1. The highest BCUT2D eigenvalue weighted by Crippen LogP contribution is 2.36. The normalized spacial score (nSPS) is 18.0. The van der Waals surface area contributed by atoms with E-state index in [1.807, 2.05) is 13.0 Å². The number of nitriles is 1. The van der Waals surface area contributed by atoms with E-state index in [4.69, 9.17) is 17.0 Å². The SMILES string of the molecule is CCCn1c(N2CCCC2)c(/C=C2\SC(=S)N(CCOC)C2=O)c(C)c(C#N)c1=O. The summed E-state index contributed by atoms with van der Waals surface area (Å²) in [6, 6.07) is 2.08. The Morgan fingerprint density at radius 1 is 1.27 bits per heavy atom. The number of hydrogen-bond donors (Lipinski definition) is 0. The molecule has 0 spiro atoms. The van der Waals surface area contributed by atoms with Crippen LogP contribution in [0, 0.1) is 18.3 Å². The highest BCUT2D eigenvalue weighted by Gasteiger charge is 2.33. The summed E-state index contributed by atoms with van der Waals surface area (Å²) in [7, 11) is 1.58. The minimum absolute atomic E-state index is 0.132. The monoisotopic (exact) mass is 446 g/mol. The van der Waals surface area contributed by atoms with E-state index in [1.54, 1.807) is 18.6 Å². The molecule has 2 saturated heterocycles. The number of methoxy groups -OCH3 is 1. The van der Waals surface area contributed by atoms with Crippen molar-refractivity contribution in [3.8, 4) is 6.07 Å². The van der Waals surface area contributed by atoms with Gasteiger partial charge < -0.3 is 9.64 Å². The van der Waals surface area contributed by atoms with Gasteiger partial charge in [0.15, 0.2) is 0 Å². The summed E-state index contributed by atoms with van der Waals surface area (Å²) >= 11 is 6.64. The molecule has 2 fully saturated rings. The number of nitrogens with zero attached hydrogens (tertiary/aromatic N) is 4. The Labute approximate surface area is 186 Å². The lowest BCUT2D eigenvalue weighted by molar-refractivity contribution is -0.122. The third-order valence-electron chi connectivity index (χ3n) is 5.37. The van der Waals surface area contributed by atoms with Gasteiger partial charge in [-0.15, -0.1) is 0 Å². The van der Waals surface area contributed by atoms with Crippen LogP contribution < -0.4 is 10.5 Å². The zero-order valence-electron chi connectivity index (χ0n) is 17.6. The lowest BCUT2D eigenvalue weighted by atomic mass is 10.0. The molecule has 3 heterocycles. The first-order chi connectivity index (χ1) is 14.4. The van der Waals surface area contributed by atoms with E-state index in [0.717, 1.165) is 43.7 Å². The molecule has 160 valence electrons. The topological polar surface area (TPSA) is 78.6 Å². The minimum atomic E-state index is -0.261. The largest absolute Gasteiger partial charge is 0.383 e. The van der Waals surface area contributed by atoms with Crippen LogP contribution in [0.5, 0.6) is 0 Å². The van der Waals surface area contributed by atoms with Gasteiger partial charge in [0.25, 0.3) is 11.5 Å². The van der Waals surface area contributed by atoms with Crippen LogP contribution in [0.2, 0.25) is 0 Å². The molecular formula is C21H26N4O3S2. The Morgan fingerprint density at radius 2 is 1.97 bits per heavy atom. The number of rotatable bonds is 7. The molecule has 9 heteroatoms. The molecule has 2 aliphatic heterocycles. The second-order valence-electron chi connectivity index (χ2n) is 7.33. The minimum Gasteiger partial charge on any atom is -0.383 e. The first-order valence-electron chi connectivity index (χ1n) is 10.1. The van der Waals surface area contributed by atoms with Crippen LogP contribution in [0.25, 0.3) is 6.08 Å². The van der Waals surface area contributed by atoms with Gasteiger partial charge in [0, 0.05) is 32.3 Å². The lowest BCUT2D eigenvalue weighted by Gasteiger charge is -2.26. The van der Waals surface area contributed by atoms with E-state index in [2.05, 4.69) is 11.0 Å². The second kappa shape index (κ2) is 9.77. The van der Waals surface area contributed by atoms with E-state index in [9.17, 15) is 14.9 Å². The summed E-state index contributed by atoms with van der Waals surface area (Å²) in [5.41, 5.74) is 1.24. The Kier molecular flexibility index (Phi) is 7.34. The van der Waals surface area contributed by atoms with Crippen LogP contribution >= 0.6 is 24.0 Å². The van der Waals surface area contributed by atoms with Crippen LogP contribution in [0.4, 0.5) is 5.82 Å². The van der Waals surface area contributed by atoms with Crippen molar-refractivity contribution in [2.24, 2.45) is 0 Å². The molecular weight excluding hydrogens is 420 g/mol. The number of hydrogen-bond acceptors (Lipinski definition) is 7. The molecule has 0 unspecified atom stereocenters. The van der Waals surface area contributed by atoms with Crippen molar-refractivity contribution in [3.63, 3.8) is 0 Å². The predicted octanol–water partition coefficient (Wildman–Crippen LogP) is 2.89. The van der Waals surface area contributed by atoms with Gasteiger partial charge in [-0.3, -0.25) is 19.1 Å². The number of pyridine rings is 1. The fourth-order valence-electron chi connectivity index (χ4n) is 3.85. The second-order valence-corrected chi connectivity index (χ2v) is 9.00. The number of carbonyl (C=O) groups is 1. The molecule has 0 atom stereocenters. The summed E-state index contributed by atoms with van der Waals surface area (Å²) < 4.78 is 7.28. The molecule has 0 N–H and O–H groups in total. The molecule has 0 radical (unpaired) electrons. The lowest BCUT2D eigenvalue weighted by Crippen LogP contribution is -2.33. The first-order valence-corrected chi connectivity index (χ1v) is 11.3. The molecule has 0 saturated carbocycles. The Hall–Kier alpha value is -2.15. The summed E-state index contributed by atoms with van der Waals surface area (Å²) in [6.45, 7) is 6.82. The average molecular weight is 447 g/mol. The highest BCUT2D eigenvalue weighted by molar-refractivity contribution is 8.26. The van der Waals surface area contributed by atoms with Gasteiger partial charge in [-0.05, 0) is 37.8 Å². The fourth-order valence-corrected chi connectivity index (χ4v) is 5.14. The number of ether oxygens (including phenoxy) is 1. The average Bonchev–Trinajstić information content (AvgIpc) is 3.34. The van der Waals surface area contributed by atoms with Gasteiger partial charge in [0.05, 0.1) is 18.1 Å². The number of thioether (sulfide) groups is 1. The van der Waals surface area contributed by atoms with E-state index in [1.165, 1.54) is 16.7 Å². The van der Waals surface area contributed by atoms with Crippen molar-refractivity contribution in [2.45, 2.75) is 39.7 Å². The van der Waals surface area contributed by atoms with Gasteiger partial charge in [0.1, 0.15) is 21.8 Å². The van der Waals surface area contributed by atoms with E-state index in [0.29, 0.717) is 34.5 Å². The van der Waals surface area contributed by atoms with Gasteiger partial charge in [0.2, 0.25) is 0 Å².